The van der Waals surface area contributed by atoms with E-state index in [0.717, 1.165) is 11.4 Å². The lowest BCUT2D eigenvalue weighted by Crippen LogP contribution is -2.04. The third kappa shape index (κ3) is 2.31. The standard InChI is InChI=1S/C12H13ClN4O/c1-18-11-5-2-8(6-10(11)13)7-17-15-12(14-16-17)9-3-4-9/h2,5-6,9H,3-4,7H2,1H3. The molecule has 0 radical (unpaired) electrons. The molecule has 0 bridgehead atoms. The molecule has 1 aromatic heterocycles. The van der Waals surface area contributed by atoms with Gasteiger partial charge in [0.25, 0.3) is 0 Å². The second-order valence-electron chi connectivity index (χ2n) is 4.42. The van der Waals surface area contributed by atoms with Crippen LogP contribution in [0, 0.1) is 0 Å². The quantitative estimate of drug-likeness (QED) is 0.850. The Bertz CT molecular complexity index is 565. The number of benzene rings is 1. The predicted octanol–water partition coefficient (Wildman–Crippen LogP) is 2.26. The Morgan fingerprint density at radius 3 is 2.94 bits per heavy atom. The van der Waals surface area contributed by atoms with Crippen LogP contribution in [-0.2, 0) is 6.54 Å². The van der Waals surface area contributed by atoms with E-state index in [1.807, 2.05) is 18.2 Å². The molecular formula is C12H13ClN4O. The molecule has 3 rings (SSSR count). The van der Waals surface area contributed by atoms with Crippen LogP contribution in [0.3, 0.4) is 0 Å². The summed E-state index contributed by atoms with van der Waals surface area (Å²) >= 11 is 6.07. The first-order valence-electron chi connectivity index (χ1n) is 5.86. The van der Waals surface area contributed by atoms with Gasteiger partial charge in [0.05, 0.1) is 18.7 Å². The maximum atomic E-state index is 6.07. The molecule has 1 aromatic carbocycles. The molecule has 18 heavy (non-hydrogen) atoms. The SMILES string of the molecule is COc1ccc(Cn2nnc(C3CC3)n2)cc1Cl. The summed E-state index contributed by atoms with van der Waals surface area (Å²) < 4.78 is 5.11. The molecule has 1 saturated carbocycles. The Kier molecular flexibility index (Phi) is 2.91. The first kappa shape index (κ1) is 11.5. The topological polar surface area (TPSA) is 52.8 Å². The number of rotatable bonds is 4. The second kappa shape index (κ2) is 4.57. The number of nitrogens with zero attached hydrogens (tertiary/aromatic N) is 4. The second-order valence-corrected chi connectivity index (χ2v) is 4.83. The van der Waals surface area contributed by atoms with Gasteiger partial charge in [-0.05, 0) is 35.8 Å². The lowest BCUT2D eigenvalue weighted by Gasteiger charge is -2.05. The third-order valence-corrected chi connectivity index (χ3v) is 3.25. The summed E-state index contributed by atoms with van der Waals surface area (Å²) in [5.41, 5.74) is 1.03. The van der Waals surface area contributed by atoms with Gasteiger partial charge in [0.1, 0.15) is 5.75 Å². The van der Waals surface area contributed by atoms with Gasteiger partial charge >= 0.3 is 0 Å². The van der Waals surface area contributed by atoms with Crippen LogP contribution in [0.5, 0.6) is 5.75 Å². The van der Waals surface area contributed by atoms with Crippen LogP contribution in [0.2, 0.25) is 5.02 Å². The number of tetrazole rings is 1. The molecule has 1 aliphatic rings. The molecule has 1 aliphatic carbocycles. The van der Waals surface area contributed by atoms with Crippen LogP contribution >= 0.6 is 11.6 Å². The molecule has 1 fully saturated rings. The van der Waals surface area contributed by atoms with E-state index >= 15 is 0 Å². The van der Waals surface area contributed by atoms with Crippen molar-refractivity contribution in [2.24, 2.45) is 0 Å². The number of ether oxygens (including phenoxy) is 1. The van der Waals surface area contributed by atoms with Gasteiger partial charge in [-0.3, -0.25) is 0 Å². The van der Waals surface area contributed by atoms with Crippen LogP contribution < -0.4 is 4.74 Å². The lowest BCUT2D eigenvalue weighted by atomic mass is 10.2. The van der Waals surface area contributed by atoms with Gasteiger partial charge in [0.2, 0.25) is 0 Å². The molecule has 0 saturated heterocycles. The molecule has 1 heterocycles. The molecule has 6 heteroatoms. The fourth-order valence-corrected chi connectivity index (χ4v) is 2.08. The van der Waals surface area contributed by atoms with Crippen molar-refractivity contribution in [2.75, 3.05) is 7.11 Å². The number of aromatic nitrogens is 4. The normalized spacial score (nSPS) is 14.8. The summed E-state index contributed by atoms with van der Waals surface area (Å²) in [7, 11) is 1.60. The van der Waals surface area contributed by atoms with E-state index in [1.165, 1.54) is 12.8 Å². The monoisotopic (exact) mass is 264 g/mol. The lowest BCUT2D eigenvalue weighted by molar-refractivity contribution is 0.414. The Hall–Kier alpha value is -1.62. The zero-order valence-corrected chi connectivity index (χ0v) is 10.8. The van der Waals surface area contributed by atoms with Crippen molar-refractivity contribution in [3.05, 3.63) is 34.6 Å². The fourth-order valence-electron chi connectivity index (χ4n) is 1.80. The average Bonchev–Trinajstić information content (AvgIpc) is 3.11. The first-order valence-corrected chi connectivity index (χ1v) is 6.24. The summed E-state index contributed by atoms with van der Waals surface area (Å²) in [5, 5.41) is 13.1. The van der Waals surface area contributed by atoms with Gasteiger partial charge in [-0.1, -0.05) is 17.7 Å². The van der Waals surface area contributed by atoms with Gasteiger partial charge in [-0.2, -0.15) is 4.80 Å². The Morgan fingerprint density at radius 2 is 2.28 bits per heavy atom. The number of methoxy groups -OCH3 is 1. The molecule has 0 N–H and O–H groups in total. The molecular weight excluding hydrogens is 252 g/mol. The number of hydrogen-bond acceptors (Lipinski definition) is 4. The molecule has 94 valence electrons. The summed E-state index contributed by atoms with van der Waals surface area (Å²) in [6.45, 7) is 0.573. The van der Waals surface area contributed by atoms with Gasteiger partial charge in [0.15, 0.2) is 5.82 Å². The van der Waals surface area contributed by atoms with E-state index in [2.05, 4.69) is 15.4 Å². The molecule has 0 unspecified atom stereocenters. The number of hydrogen-bond donors (Lipinski definition) is 0. The van der Waals surface area contributed by atoms with Gasteiger partial charge in [0, 0.05) is 5.92 Å². The molecule has 0 spiro atoms. The summed E-state index contributed by atoms with van der Waals surface area (Å²) in [4.78, 5) is 1.60. The van der Waals surface area contributed by atoms with Crippen molar-refractivity contribution in [3.63, 3.8) is 0 Å². The van der Waals surface area contributed by atoms with Crippen molar-refractivity contribution in [1.82, 2.24) is 20.2 Å². The predicted molar refractivity (Wildman–Crippen MR) is 66.9 cm³/mol. The highest BCUT2D eigenvalue weighted by molar-refractivity contribution is 6.32. The third-order valence-electron chi connectivity index (χ3n) is 2.95. The largest absolute Gasteiger partial charge is 0.495 e. The molecule has 0 atom stereocenters. The minimum atomic E-state index is 0.526. The van der Waals surface area contributed by atoms with Crippen molar-refractivity contribution in [3.8, 4) is 5.75 Å². The Labute approximate surface area is 110 Å². The van der Waals surface area contributed by atoms with Gasteiger partial charge in [-0.15, -0.1) is 10.2 Å². The summed E-state index contributed by atoms with van der Waals surface area (Å²) in [6.07, 6.45) is 2.36. The maximum absolute atomic E-state index is 6.07. The molecule has 5 nitrogen and oxygen atoms in total. The van der Waals surface area contributed by atoms with Crippen molar-refractivity contribution in [2.45, 2.75) is 25.3 Å². The number of halogens is 1. The van der Waals surface area contributed by atoms with E-state index in [4.69, 9.17) is 16.3 Å². The molecule has 0 aliphatic heterocycles. The highest BCUT2D eigenvalue weighted by atomic mass is 35.5. The van der Waals surface area contributed by atoms with Crippen LogP contribution in [-0.4, -0.2) is 27.3 Å². The van der Waals surface area contributed by atoms with E-state index in [-0.39, 0.29) is 0 Å². The van der Waals surface area contributed by atoms with Crippen molar-refractivity contribution in [1.29, 1.82) is 0 Å². The van der Waals surface area contributed by atoms with E-state index in [0.29, 0.717) is 23.2 Å². The molecule has 2 aromatic rings. The van der Waals surface area contributed by atoms with Crippen molar-refractivity contribution < 1.29 is 4.74 Å². The van der Waals surface area contributed by atoms with E-state index in [1.54, 1.807) is 11.9 Å². The highest BCUT2D eigenvalue weighted by Crippen LogP contribution is 2.37. The zero-order chi connectivity index (χ0) is 12.5. The highest BCUT2D eigenvalue weighted by Gasteiger charge is 2.28. The van der Waals surface area contributed by atoms with Gasteiger partial charge < -0.3 is 4.74 Å². The van der Waals surface area contributed by atoms with E-state index in [9.17, 15) is 0 Å². The first-order chi connectivity index (χ1) is 8.76. The minimum absolute atomic E-state index is 0.526. The fraction of sp³-hybridized carbons (Fsp3) is 0.417. The zero-order valence-electron chi connectivity index (χ0n) is 10.0. The summed E-state index contributed by atoms with van der Waals surface area (Å²) in [6, 6.07) is 5.65. The van der Waals surface area contributed by atoms with Gasteiger partial charge in [-0.25, -0.2) is 0 Å². The summed E-state index contributed by atoms with van der Waals surface area (Å²) in [5.74, 6) is 2.05. The van der Waals surface area contributed by atoms with Crippen LogP contribution in [0.4, 0.5) is 0 Å². The van der Waals surface area contributed by atoms with Crippen molar-refractivity contribution >= 4 is 11.6 Å². The van der Waals surface area contributed by atoms with Crippen LogP contribution in [0.1, 0.15) is 30.1 Å². The average molecular weight is 265 g/mol. The van der Waals surface area contributed by atoms with E-state index < -0.39 is 0 Å². The Morgan fingerprint density at radius 1 is 1.44 bits per heavy atom. The minimum Gasteiger partial charge on any atom is -0.495 e. The van der Waals surface area contributed by atoms with Crippen LogP contribution in [0.25, 0.3) is 0 Å². The molecule has 0 amide bonds. The Balaban J connectivity index is 1.76. The maximum Gasteiger partial charge on any atom is 0.177 e. The smallest absolute Gasteiger partial charge is 0.177 e. The van der Waals surface area contributed by atoms with Crippen LogP contribution in [0.15, 0.2) is 18.2 Å².